The van der Waals surface area contributed by atoms with Gasteiger partial charge in [0.05, 0.1) is 12.3 Å². The molecule has 1 aromatic rings. The summed E-state index contributed by atoms with van der Waals surface area (Å²) < 4.78 is 2.06. The first-order valence-electron chi connectivity index (χ1n) is 5.17. The number of carbonyl (C=O) groups excluding carboxylic acids is 1. The molecule has 1 rings (SSSR count). The summed E-state index contributed by atoms with van der Waals surface area (Å²) in [7, 11) is 0. The zero-order valence-corrected chi connectivity index (χ0v) is 10.5. The zero-order valence-electron chi connectivity index (χ0n) is 9.65. The van der Waals surface area contributed by atoms with Crippen LogP contribution in [-0.2, 0) is 11.4 Å². The van der Waals surface area contributed by atoms with Crippen molar-refractivity contribution >= 4 is 18.1 Å². The smallest absolute Gasteiger partial charge is 0.243 e. The number of imidazole rings is 1. The van der Waals surface area contributed by atoms with Crippen LogP contribution in [-0.4, -0.2) is 26.6 Å². The summed E-state index contributed by atoms with van der Waals surface area (Å²) in [4.78, 5) is 14.6. The van der Waals surface area contributed by atoms with E-state index in [-0.39, 0.29) is 18.6 Å². The third-order valence-corrected chi connectivity index (χ3v) is 2.56. The molecular formula is C10H17N3O2S. The third-order valence-electron chi connectivity index (χ3n) is 2.25. The number of nitrogens with one attached hydrogen (secondary N) is 2. The van der Waals surface area contributed by atoms with Crippen molar-refractivity contribution in [3.8, 4) is 0 Å². The highest BCUT2D eigenvalue weighted by Gasteiger charge is 2.18. The Morgan fingerprint density at radius 3 is 2.75 bits per heavy atom. The van der Waals surface area contributed by atoms with E-state index in [0.29, 0.717) is 10.5 Å². The number of nitrogens with zero attached hydrogens (tertiary/aromatic N) is 1. The molecular weight excluding hydrogens is 226 g/mol. The minimum absolute atomic E-state index is 0.0839. The van der Waals surface area contributed by atoms with E-state index in [9.17, 15) is 4.79 Å². The van der Waals surface area contributed by atoms with Crippen LogP contribution in [0, 0.1) is 4.77 Å². The molecule has 1 unspecified atom stereocenters. The number of aromatic amines is 1. The number of aromatic nitrogens is 2. The highest BCUT2D eigenvalue weighted by molar-refractivity contribution is 7.71. The standard InChI is InChI=1S/C10H17N3O2S/c1-6(2)12-9(15)7(3)13-8(5-14)4-11-10(13)16/h4,6-7,14H,5H2,1-3H3,(H,11,16)(H,12,15). The fraction of sp³-hybridized carbons (Fsp3) is 0.600. The first-order valence-corrected chi connectivity index (χ1v) is 5.58. The molecule has 90 valence electrons. The minimum Gasteiger partial charge on any atom is -0.390 e. The number of H-pyrrole nitrogens is 1. The lowest BCUT2D eigenvalue weighted by molar-refractivity contribution is -0.124. The van der Waals surface area contributed by atoms with E-state index in [1.165, 1.54) is 0 Å². The molecule has 0 radical (unpaired) electrons. The van der Waals surface area contributed by atoms with Gasteiger partial charge >= 0.3 is 0 Å². The second-order valence-electron chi connectivity index (χ2n) is 3.95. The predicted molar refractivity (Wildman–Crippen MR) is 63.5 cm³/mol. The van der Waals surface area contributed by atoms with Gasteiger partial charge in [-0.2, -0.15) is 0 Å². The van der Waals surface area contributed by atoms with Crippen LogP contribution in [0.4, 0.5) is 0 Å². The van der Waals surface area contributed by atoms with Gasteiger partial charge in [-0.15, -0.1) is 0 Å². The summed E-state index contributed by atoms with van der Waals surface area (Å²) in [6.45, 7) is 5.40. The van der Waals surface area contributed by atoms with Crippen molar-refractivity contribution in [2.24, 2.45) is 0 Å². The fourth-order valence-corrected chi connectivity index (χ4v) is 1.82. The summed E-state index contributed by atoms with van der Waals surface area (Å²) >= 11 is 5.06. The van der Waals surface area contributed by atoms with Crippen LogP contribution in [0.5, 0.6) is 0 Å². The zero-order chi connectivity index (χ0) is 12.3. The maximum atomic E-state index is 11.8. The molecule has 16 heavy (non-hydrogen) atoms. The SMILES string of the molecule is CC(C)NC(=O)C(C)n1c(CO)c[nH]c1=S. The molecule has 1 heterocycles. The molecule has 0 spiro atoms. The summed E-state index contributed by atoms with van der Waals surface area (Å²) in [5, 5.41) is 11.9. The van der Waals surface area contributed by atoms with Gasteiger partial charge < -0.3 is 20.0 Å². The van der Waals surface area contributed by atoms with Gasteiger partial charge in [-0.25, -0.2) is 0 Å². The Balaban J connectivity index is 2.95. The molecule has 1 aromatic heterocycles. The van der Waals surface area contributed by atoms with Crippen molar-refractivity contribution in [1.82, 2.24) is 14.9 Å². The molecule has 0 bridgehead atoms. The average molecular weight is 243 g/mol. The fourth-order valence-electron chi connectivity index (χ4n) is 1.48. The first kappa shape index (κ1) is 12.9. The molecule has 6 heteroatoms. The van der Waals surface area contributed by atoms with Crippen LogP contribution >= 0.6 is 12.2 Å². The molecule has 0 fully saturated rings. The van der Waals surface area contributed by atoms with Crippen LogP contribution in [0.25, 0.3) is 0 Å². The lowest BCUT2D eigenvalue weighted by Gasteiger charge is -2.17. The molecule has 0 aliphatic rings. The second-order valence-corrected chi connectivity index (χ2v) is 4.34. The third kappa shape index (κ3) is 2.70. The molecule has 1 amide bonds. The number of aliphatic hydroxyl groups excluding tert-OH is 1. The number of amides is 1. The van der Waals surface area contributed by atoms with Crippen LogP contribution in [0.2, 0.25) is 0 Å². The van der Waals surface area contributed by atoms with Gasteiger partial charge in [-0.3, -0.25) is 4.79 Å². The van der Waals surface area contributed by atoms with Gasteiger partial charge in [0, 0.05) is 12.2 Å². The Bertz CT molecular complexity index is 422. The summed E-state index contributed by atoms with van der Waals surface area (Å²) in [6, 6.07) is -0.344. The Morgan fingerprint density at radius 2 is 2.25 bits per heavy atom. The van der Waals surface area contributed by atoms with Crippen LogP contribution in [0.3, 0.4) is 0 Å². The van der Waals surface area contributed by atoms with Crippen molar-refractivity contribution in [3.05, 3.63) is 16.7 Å². The van der Waals surface area contributed by atoms with Gasteiger partial charge in [-0.1, -0.05) is 0 Å². The van der Waals surface area contributed by atoms with E-state index in [0.717, 1.165) is 0 Å². The molecule has 0 aromatic carbocycles. The minimum atomic E-state index is -0.428. The van der Waals surface area contributed by atoms with E-state index < -0.39 is 6.04 Å². The second kappa shape index (κ2) is 5.27. The van der Waals surface area contributed by atoms with Crippen molar-refractivity contribution in [2.75, 3.05) is 0 Å². The van der Waals surface area contributed by atoms with Crippen LogP contribution < -0.4 is 5.32 Å². The molecule has 0 saturated carbocycles. The number of hydrogen-bond donors (Lipinski definition) is 3. The van der Waals surface area contributed by atoms with E-state index in [1.54, 1.807) is 17.7 Å². The molecule has 0 aliphatic heterocycles. The summed E-state index contributed by atoms with van der Waals surface area (Å²) in [5.41, 5.74) is 0.608. The number of aliphatic hydroxyl groups is 1. The Kier molecular flexibility index (Phi) is 4.26. The number of hydrogen-bond acceptors (Lipinski definition) is 3. The number of rotatable bonds is 4. The van der Waals surface area contributed by atoms with Crippen molar-refractivity contribution < 1.29 is 9.90 Å². The van der Waals surface area contributed by atoms with E-state index in [2.05, 4.69) is 10.3 Å². The lowest BCUT2D eigenvalue weighted by atomic mass is 10.2. The Morgan fingerprint density at radius 1 is 1.62 bits per heavy atom. The van der Waals surface area contributed by atoms with Gasteiger partial charge in [0.1, 0.15) is 6.04 Å². The molecule has 0 saturated heterocycles. The summed E-state index contributed by atoms with van der Waals surface area (Å²) in [5.74, 6) is -0.111. The Hall–Kier alpha value is -1.14. The maximum Gasteiger partial charge on any atom is 0.243 e. The normalized spacial score (nSPS) is 12.8. The highest BCUT2D eigenvalue weighted by Crippen LogP contribution is 2.12. The van der Waals surface area contributed by atoms with Crippen molar-refractivity contribution in [1.29, 1.82) is 0 Å². The largest absolute Gasteiger partial charge is 0.390 e. The quantitative estimate of drug-likeness (QED) is 0.694. The van der Waals surface area contributed by atoms with Crippen molar-refractivity contribution in [2.45, 2.75) is 39.5 Å². The van der Waals surface area contributed by atoms with Crippen LogP contribution in [0.1, 0.15) is 32.5 Å². The van der Waals surface area contributed by atoms with E-state index >= 15 is 0 Å². The maximum absolute atomic E-state index is 11.8. The van der Waals surface area contributed by atoms with Gasteiger partial charge in [0.2, 0.25) is 5.91 Å². The topological polar surface area (TPSA) is 70.1 Å². The van der Waals surface area contributed by atoms with Gasteiger partial charge in [-0.05, 0) is 33.0 Å². The average Bonchev–Trinajstić information content (AvgIpc) is 2.57. The Labute approximate surface area is 99.5 Å². The monoisotopic (exact) mass is 243 g/mol. The van der Waals surface area contributed by atoms with Crippen LogP contribution in [0.15, 0.2) is 6.20 Å². The van der Waals surface area contributed by atoms with Gasteiger partial charge in [0.15, 0.2) is 4.77 Å². The van der Waals surface area contributed by atoms with E-state index in [4.69, 9.17) is 17.3 Å². The summed E-state index contributed by atoms with van der Waals surface area (Å²) in [6.07, 6.45) is 1.61. The first-order chi connectivity index (χ1) is 7.47. The molecule has 0 aliphatic carbocycles. The van der Waals surface area contributed by atoms with E-state index in [1.807, 2.05) is 13.8 Å². The molecule has 1 atom stereocenters. The predicted octanol–water partition coefficient (Wildman–Crippen LogP) is 1.12. The molecule has 5 nitrogen and oxygen atoms in total. The lowest BCUT2D eigenvalue weighted by Crippen LogP contribution is -2.36. The molecule has 3 N–H and O–H groups in total. The van der Waals surface area contributed by atoms with Crippen molar-refractivity contribution in [3.63, 3.8) is 0 Å². The van der Waals surface area contributed by atoms with Gasteiger partial charge in [0.25, 0.3) is 0 Å². The number of carbonyl (C=O) groups is 1. The highest BCUT2D eigenvalue weighted by atomic mass is 32.1.